The van der Waals surface area contributed by atoms with Crippen molar-refractivity contribution in [3.8, 4) is 17.0 Å². The minimum absolute atomic E-state index is 0.519. The normalized spacial score (nSPS) is 11.8. The fourth-order valence-corrected chi connectivity index (χ4v) is 3.89. The largest absolute Gasteiger partial charge is 0.489 e. The summed E-state index contributed by atoms with van der Waals surface area (Å²) in [7, 11) is 0. The highest BCUT2D eigenvalue weighted by Gasteiger charge is 2.24. The summed E-state index contributed by atoms with van der Waals surface area (Å²) in [6.45, 7) is 3.10. The maximum absolute atomic E-state index is 11.8. The standard InChI is InChI=1S/C28H28N2O3/c1-2-25(28(31)32)26-19-30(29-27(26)23-11-7-4-8-12-23)18-17-21-13-15-24(16-14-21)33-20-22-9-5-3-6-10-22/h3-16,19,25H,2,17-18,20H2,1H3,(H,31,32). The molecule has 0 aliphatic carbocycles. The van der Waals surface area contributed by atoms with E-state index in [9.17, 15) is 9.90 Å². The molecule has 4 aromatic rings. The fraction of sp³-hybridized carbons (Fsp3) is 0.214. The maximum atomic E-state index is 11.8. The highest BCUT2D eigenvalue weighted by atomic mass is 16.5. The summed E-state index contributed by atoms with van der Waals surface area (Å²) >= 11 is 0. The molecule has 0 aliphatic rings. The first-order chi connectivity index (χ1) is 16.1. The Morgan fingerprint density at radius 1 is 0.939 bits per heavy atom. The van der Waals surface area contributed by atoms with Crippen molar-refractivity contribution in [3.05, 3.63) is 108 Å². The molecule has 1 N–H and O–H groups in total. The summed E-state index contributed by atoms with van der Waals surface area (Å²) in [5.74, 6) is -0.557. The van der Waals surface area contributed by atoms with Crippen LogP contribution in [-0.4, -0.2) is 20.9 Å². The van der Waals surface area contributed by atoms with E-state index in [0.29, 0.717) is 19.6 Å². The highest BCUT2D eigenvalue weighted by molar-refractivity contribution is 5.79. The number of hydrogen-bond acceptors (Lipinski definition) is 3. The Hall–Kier alpha value is -3.86. The Morgan fingerprint density at radius 2 is 1.61 bits per heavy atom. The quantitative estimate of drug-likeness (QED) is 0.331. The Bertz CT molecular complexity index is 1170. The molecule has 1 aromatic heterocycles. The lowest BCUT2D eigenvalue weighted by molar-refractivity contribution is -0.138. The summed E-state index contributed by atoms with van der Waals surface area (Å²) < 4.78 is 7.73. The lowest BCUT2D eigenvalue weighted by atomic mass is 9.94. The van der Waals surface area contributed by atoms with Crippen molar-refractivity contribution in [1.82, 2.24) is 9.78 Å². The average molecular weight is 441 g/mol. The first-order valence-electron chi connectivity index (χ1n) is 11.2. The second kappa shape index (κ2) is 10.6. The molecule has 4 rings (SSSR count). The third kappa shape index (κ3) is 5.69. The molecule has 0 amide bonds. The van der Waals surface area contributed by atoms with E-state index in [1.807, 2.05) is 90.6 Å². The number of aliphatic carboxylic acids is 1. The van der Waals surface area contributed by atoms with E-state index in [2.05, 4.69) is 12.1 Å². The maximum Gasteiger partial charge on any atom is 0.311 e. The van der Waals surface area contributed by atoms with E-state index < -0.39 is 11.9 Å². The smallest absolute Gasteiger partial charge is 0.311 e. The van der Waals surface area contributed by atoms with Crippen LogP contribution in [0.4, 0.5) is 0 Å². The number of ether oxygens (including phenoxy) is 1. The molecule has 168 valence electrons. The second-order valence-electron chi connectivity index (χ2n) is 8.03. The second-order valence-corrected chi connectivity index (χ2v) is 8.03. The van der Waals surface area contributed by atoms with Crippen LogP contribution in [0.1, 0.15) is 36.0 Å². The SMILES string of the molecule is CCC(C(=O)O)c1cn(CCc2ccc(OCc3ccccc3)cc2)nc1-c1ccccc1. The van der Waals surface area contributed by atoms with Crippen LogP contribution >= 0.6 is 0 Å². The van der Waals surface area contributed by atoms with Gasteiger partial charge in [0.05, 0.1) is 11.6 Å². The van der Waals surface area contributed by atoms with Crippen LogP contribution < -0.4 is 4.74 Å². The predicted molar refractivity (Wildman–Crippen MR) is 129 cm³/mol. The summed E-state index contributed by atoms with van der Waals surface area (Å²) in [6, 6.07) is 28.0. The van der Waals surface area contributed by atoms with Crippen LogP contribution in [0, 0.1) is 0 Å². The molecule has 0 saturated heterocycles. The molecule has 0 spiro atoms. The molecule has 5 nitrogen and oxygen atoms in total. The molecule has 1 unspecified atom stereocenters. The number of nitrogens with zero attached hydrogens (tertiary/aromatic N) is 2. The summed E-state index contributed by atoms with van der Waals surface area (Å²) in [5, 5.41) is 14.5. The predicted octanol–water partition coefficient (Wildman–Crippen LogP) is 5.95. The molecule has 0 saturated carbocycles. The van der Waals surface area contributed by atoms with E-state index in [4.69, 9.17) is 9.84 Å². The van der Waals surface area contributed by atoms with E-state index in [1.165, 1.54) is 5.56 Å². The molecule has 0 radical (unpaired) electrons. The molecule has 0 aliphatic heterocycles. The molecule has 33 heavy (non-hydrogen) atoms. The average Bonchev–Trinajstić information content (AvgIpc) is 3.27. The topological polar surface area (TPSA) is 64.3 Å². The molecule has 1 heterocycles. The number of aryl methyl sites for hydroxylation is 2. The van der Waals surface area contributed by atoms with Gasteiger partial charge in [-0.3, -0.25) is 9.48 Å². The molecular weight excluding hydrogens is 412 g/mol. The third-order valence-corrected chi connectivity index (χ3v) is 5.72. The lowest BCUT2D eigenvalue weighted by Gasteiger charge is -2.09. The number of hydrogen-bond donors (Lipinski definition) is 1. The first-order valence-corrected chi connectivity index (χ1v) is 11.2. The van der Waals surface area contributed by atoms with Gasteiger partial charge in [0.15, 0.2) is 0 Å². The van der Waals surface area contributed by atoms with Gasteiger partial charge in [0.2, 0.25) is 0 Å². The van der Waals surface area contributed by atoms with Crippen LogP contribution in [0.3, 0.4) is 0 Å². The minimum atomic E-state index is -0.819. The summed E-state index contributed by atoms with van der Waals surface area (Å²) in [4.78, 5) is 11.8. The lowest BCUT2D eigenvalue weighted by Crippen LogP contribution is -2.10. The third-order valence-electron chi connectivity index (χ3n) is 5.72. The molecule has 0 fully saturated rings. The van der Waals surface area contributed by atoms with Crippen molar-refractivity contribution in [1.29, 1.82) is 0 Å². The van der Waals surface area contributed by atoms with Crippen LogP contribution in [-0.2, 0) is 24.4 Å². The Kier molecular flexibility index (Phi) is 7.20. The van der Waals surface area contributed by atoms with Gasteiger partial charge in [-0.2, -0.15) is 5.10 Å². The van der Waals surface area contributed by atoms with Gasteiger partial charge in [-0.15, -0.1) is 0 Å². The Labute approximate surface area is 194 Å². The van der Waals surface area contributed by atoms with E-state index in [0.717, 1.165) is 34.6 Å². The zero-order valence-corrected chi connectivity index (χ0v) is 18.7. The van der Waals surface area contributed by atoms with Crippen molar-refractivity contribution < 1.29 is 14.6 Å². The van der Waals surface area contributed by atoms with Crippen LogP contribution in [0.25, 0.3) is 11.3 Å². The Balaban J connectivity index is 1.44. The number of aromatic nitrogens is 2. The van der Waals surface area contributed by atoms with Crippen LogP contribution in [0.15, 0.2) is 91.1 Å². The van der Waals surface area contributed by atoms with Gasteiger partial charge in [0, 0.05) is 23.9 Å². The molecule has 5 heteroatoms. The van der Waals surface area contributed by atoms with E-state index in [-0.39, 0.29) is 0 Å². The zero-order chi connectivity index (χ0) is 23.0. The van der Waals surface area contributed by atoms with Gasteiger partial charge in [-0.25, -0.2) is 0 Å². The van der Waals surface area contributed by atoms with Gasteiger partial charge in [-0.1, -0.05) is 79.7 Å². The molecular formula is C28H28N2O3. The fourth-order valence-electron chi connectivity index (χ4n) is 3.89. The number of carboxylic acid groups (broad SMARTS) is 1. The van der Waals surface area contributed by atoms with Gasteiger partial charge in [0.25, 0.3) is 0 Å². The zero-order valence-electron chi connectivity index (χ0n) is 18.7. The van der Waals surface area contributed by atoms with Gasteiger partial charge in [-0.05, 0) is 36.1 Å². The van der Waals surface area contributed by atoms with Crippen molar-refractivity contribution in [2.45, 2.75) is 38.8 Å². The van der Waals surface area contributed by atoms with Crippen molar-refractivity contribution >= 4 is 5.97 Å². The van der Waals surface area contributed by atoms with Crippen molar-refractivity contribution in [2.24, 2.45) is 0 Å². The summed E-state index contributed by atoms with van der Waals surface area (Å²) in [6.07, 6.45) is 3.20. The van der Waals surface area contributed by atoms with Gasteiger partial charge >= 0.3 is 5.97 Å². The number of rotatable bonds is 10. The van der Waals surface area contributed by atoms with Crippen LogP contribution in [0.2, 0.25) is 0 Å². The van der Waals surface area contributed by atoms with Gasteiger partial charge in [0.1, 0.15) is 12.4 Å². The molecule has 3 aromatic carbocycles. The van der Waals surface area contributed by atoms with Gasteiger partial charge < -0.3 is 9.84 Å². The summed E-state index contributed by atoms with van der Waals surface area (Å²) in [5.41, 5.74) is 4.75. The highest BCUT2D eigenvalue weighted by Crippen LogP contribution is 2.30. The van der Waals surface area contributed by atoms with Crippen molar-refractivity contribution in [3.63, 3.8) is 0 Å². The Morgan fingerprint density at radius 3 is 2.24 bits per heavy atom. The number of carbonyl (C=O) groups is 1. The molecule has 1 atom stereocenters. The monoisotopic (exact) mass is 440 g/mol. The minimum Gasteiger partial charge on any atom is -0.489 e. The van der Waals surface area contributed by atoms with Crippen molar-refractivity contribution in [2.75, 3.05) is 0 Å². The van der Waals surface area contributed by atoms with E-state index in [1.54, 1.807) is 0 Å². The van der Waals surface area contributed by atoms with Crippen LogP contribution in [0.5, 0.6) is 5.75 Å². The first kappa shape index (κ1) is 22.3. The van der Waals surface area contributed by atoms with E-state index >= 15 is 0 Å². The number of benzene rings is 3. The molecule has 0 bridgehead atoms. The number of carboxylic acids is 1.